The van der Waals surface area contributed by atoms with E-state index in [4.69, 9.17) is 14.2 Å². The average molecular weight is 296 g/mol. The van der Waals surface area contributed by atoms with Crippen LogP contribution in [0, 0.1) is 6.92 Å². The molecule has 3 N–H and O–H groups in total. The molecule has 1 rings (SSSR count). The molecule has 1 aromatic carbocycles. The summed E-state index contributed by atoms with van der Waals surface area (Å²) in [6.45, 7) is 0.778. The summed E-state index contributed by atoms with van der Waals surface area (Å²) in [6.07, 6.45) is -0.0677. The second-order valence-corrected chi connectivity index (χ2v) is 6.35. The highest BCUT2D eigenvalue weighted by Crippen LogP contribution is 2.26. The Kier molecular flexibility index (Phi) is 4.13. The highest BCUT2D eigenvalue weighted by Gasteiger charge is 2.24. The predicted octanol–water partition coefficient (Wildman–Crippen LogP) is 0.0232. The van der Waals surface area contributed by atoms with Crippen LogP contribution >= 0.6 is 0 Å². The molecule has 1 aromatic rings. The molecule has 0 fully saturated rings. The molecule has 9 heteroatoms. The Labute approximate surface area is 105 Å². The number of benzene rings is 1. The van der Waals surface area contributed by atoms with Crippen molar-refractivity contribution in [3.05, 3.63) is 23.3 Å². The van der Waals surface area contributed by atoms with Crippen LogP contribution in [0.2, 0.25) is 0 Å². The molecule has 0 amide bonds. The van der Waals surface area contributed by atoms with E-state index in [0.29, 0.717) is 0 Å². The first-order chi connectivity index (χ1) is 8.09. The van der Waals surface area contributed by atoms with Gasteiger partial charge in [0.1, 0.15) is 4.90 Å². The van der Waals surface area contributed by atoms with Gasteiger partial charge in [-0.1, -0.05) is 6.07 Å². The van der Waals surface area contributed by atoms with Crippen molar-refractivity contribution in [1.82, 2.24) is 0 Å². The van der Waals surface area contributed by atoms with Crippen LogP contribution in [0.15, 0.2) is 21.9 Å². The fourth-order valence-electron chi connectivity index (χ4n) is 1.69. The van der Waals surface area contributed by atoms with E-state index in [9.17, 15) is 16.8 Å². The Morgan fingerprint density at radius 1 is 1.06 bits per heavy atom. The van der Waals surface area contributed by atoms with Gasteiger partial charge in [0, 0.05) is 6.61 Å². The summed E-state index contributed by atoms with van der Waals surface area (Å²) in [5.74, 6) is 0. The summed E-state index contributed by atoms with van der Waals surface area (Å²) < 4.78 is 62.5. The molecule has 7 nitrogen and oxygen atoms in total. The molecular formula is C9H12O7S2. The van der Waals surface area contributed by atoms with Gasteiger partial charge in [-0.3, -0.25) is 9.11 Å². The topological polar surface area (TPSA) is 129 Å². The largest absolute Gasteiger partial charge is 0.396 e. The molecule has 0 unspecified atom stereocenters. The van der Waals surface area contributed by atoms with Gasteiger partial charge in [0.05, 0.1) is 4.90 Å². The zero-order valence-corrected chi connectivity index (χ0v) is 11.0. The van der Waals surface area contributed by atoms with E-state index in [1.807, 2.05) is 0 Å². The first-order valence-corrected chi connectivity index (χ1v) is 7.65. The van der Waals surface area contributed by atoms with Crippen molar-refractivity contribution >= 4 is 20.2 Å². The molecule has 0 saturated heterocycles. The van der Waals surface area contributed by atoms with Crippen molar-refractivity contribution in [3.63, 3.8) is 0 Å². The number of hydrogen-bond acceptors (Lipinski definition) is 5. The summed E-state index contributed by atoms with van der Waals surface area (Å²) in [4.78, 5) is -1.21. The van der Waals surface area contributed by atoms with Crippen LogP contribution in [0.3, 0.4) is 0 Å². The first-order valence-electron chi connectivity index (χ1n) is 4.77. The van der Waals surface area contributed by atoms with Crippen LogP contribution < -0.4 is 0 Å². The lowest BCUT2D eigenvalue weighted by molar-refractivity contribution is 0.298. The molecule has 0 aliphatic rings. The van der Waals surface area contributed by atoms with Gasteiger partial charge in [-0.25, -0.2) is 0 Å². The third kappa shape index (κ3) is 3.06. The normalized spacial score (nSPS) is 12.7. The van der Waals surface area contributed by atoms with Gasteiger partial charge >= 0.3 is 0 Å². The number of aliphatic hydroxyl groups is 1. The Bertz CT molecular complexity index is 658. The van der Waals surface area contributed by atoms with Gasteiger partial charge < -0.3 is 5.11 Å². The molecule has 0 aliphatic heterocycles. The summed E-state index contributed by atoms with van der Waals surface area (Å²) in [5.41, 5.74) is -0.212. The SMILES string of the molecule is Cc1c(S(=O)(=O)O)ccc(CCO)c1S(=O)(=O)O. The Morgan fingerprint density at radius 3 is 2.00 bits per heavy atom. The van der Waals surface area contributed by atoms with Crippen molar-refractivity contribution < 1.29 is 31.0 Å². The Balaban J connectivity index is 3.72. The quantitative estimate of drug-likeness (QED) is 0.668. The lowest BCUT2D eigenvalue weighted by Crippen LogP contribution is -2.11. The summed E-state index contributed by atoms with van der Waals surface area (Å²) in [6, 6.07) is 2.14. The van der Waals surface area contributed by atoms with Crippen molar-refractivity contribution in [1.29, 1.82) is 0 Å². The summed E-state index contributed by atoms with van der Waals surface area (Å²) in [7, 11) is -9.24. The lowest BCUT2D eigenvalue weighted by Gasteiger charge is -2.12. The van der Waals surface area contributed by atoms with Crippen LogP contribution in [0.1, 0.15) is 11.1 Å². The maximum atomic E-state index is 11.2. The molecule has 0 heterocycles. The standard InChI is InChI=1S/C9H12O7S2/c1-6-8(17(11,12)13)3-2-7(4-5-10)9(6)18(14,15)16/h2-3,10H,4-5H2,1H3,(H,11,12,13)(H,14,15,16). The minimum Gasteiger partial charge on any atom is -0.396 e. The summed E-state index contributed by atoms with van der Waals surface area (Å²) in [5, 5.41) is 8.79. The van der Waals surface area contributed by atoms with Crippen molar-refractivity contribution in [2.24, 2.45) is 0 Å². The third-order valence-corrected chi connectivity index (χ3v) is 4.44. The fourth-order valence-corrected chi connectivity index (χ4v) is 3.48. The smallest absolute Gasteiger partial charge is 0.295 e. The number of rotatable bonds is 4. The minimum atomic E-state index is -4.66. The van der Waals surface area contributed by atoms with Crippen molar-refractivity contribution in [3.8, 4) is 0 Å². The van der Waals surface area contributed by atoms with E-state index in [2.05, 4.69) is 0 Å². The molecular weight excluding hydrogens is 284 g/mol. The van der Waals surface area contributed by atoms with Gasteiger partial charge in [0.25, 0.3) is 20.2 Å². The molecule has 0 aromatic heterocycles. The first kappa shape index (κ1) is 15.1. The number of hydrogen-bond donors (Lipinski definition) is 3. The van der Waals surface area contributed by atoms with Crippen molar-refractivity contribution in [2.45, 2.75) is 23.1 Å². The van der Waals surface area contributed by atoms with Gasteiger partial charge in [0.2, 0.25) is 0 Å². The second-order valence-electron chi connectivity index (χ2n) is 3.60. The highest BCUT2D eigenvalue weighted by atomic mass is 32.2. The third-order valence-electron chi connectivity index (χ3n) is 2.35. The van der Waals surface area contributed by atoms with Crippen LogP contribution in [0.5, 0.6) is 0 Å². The van der Waals surface area contributed by atoms with Crippen molar-refractivity contribution in [2.75, 3.05) is 6.61 Å². The Hall–Kier alpha value is -1.00. The molecule has 0 bridgehead atoms. The van der Waals surface area contributed by atoms with Gasteiger partial charge in [-0.05, 0) is 30.5 Å². The van der Waals surface area contributed by atoms with E-state index in [1.165, 1.54) is 0 Å². The van der Waals surface area contributed by atoms with E-state index >= 15 is 0 Å². The molecule has 0 spiro atoms. The van der Waals surface area contributed by atoms with Gasteiger partial charge in [0.15, 0.2) is 0 Å². The number of aliphatic hydroxyl groups excluding tert-OH is 1. The van der Waals surface area contributed by atoms with E-state index < -0.39 is 30.0 Å². The fraction of sp³-hybridized carbons (Fsp3) is 0.333. The van der Waals surface area contributed by atoms with E-state index in [-0.39, 0.29) is 24.2 Å². The second kappa shape index (κ2) is 4.94. The van der Waals surface area contributed by atoms with Crippen LogP contribution in [-0.2, 0) is 26.7 Å². The highest BCUT2D eigenvalue weighted by molar-refractivity contribution is 7.86. The minimum absolute atomic E-state index is 0.0677. The van der Waals surface area contributed by atoms with E-state index in [1.54, 1.807) is 0 Å². The molecule has 0 atom stereocenters. The molecule has 0 aliphatic carbocycles. The maximum Gasteiger partial charge on any atom is 0.295 e. The molecule has 0 radical (unpaired) electrons. The average Bonchev–Trinajstić information content (AvgIpc) is 2.13. The Morgan fingerprint density at radius 2 is 1.61 bits per heavy atom. The van der Waals surface area contributed by atoms with Crippen LogP contribution in [-0.4, -0.2) is 37.7 Å². The van der Waals surface area contributed by atoms with E-state index in [0.717, 1.165) is 19.1 Å². The zero-order chi connectivity index (χ0) is 14.1. The van der Waals surface area contributed by atoms with Crippen LogP contribution in [0.4, 0.5) is 0 Å². The molecule has 0 saturated carbocycles. The maximum absolute atomic E-state index is 11.2. The molecule has 18 heavy (non-hydrogen) atoms. The van der Waals surface area contributed by atoms with Gasteiger partial charge in [-0.15, -0.1) is 0 Å². The summed E-state index contributed by atoms with van der Waals surface area (Å²) >= 11 is 0. The predicted molar refractivity (Wildman–Crippen MR) is 61.6 cm³/mol. The van der Waals surface area contributed by atoms with Crippen LogP contribution in [0.25, 0.3) is 0 Å². The van der Waals surface area contributed by atoms with Gasteiger partial charge in [-0.2, -0.15) is 16.8 Å². The zero-order valence-electron chi connectivity index (χ0n) is 9.36. The monoisotopic (exact) mass is 296 g/mol. The lowest BCUT2D eigenvalue weighted by atomic mass is 10.1. The molecule has 102 valence electrons.